The number of fused-ring (bicyclic) bond motifs is 2. The Kier molecular flexibility index (Phi) is 4.06. The van der Waals surface area contributed by atoms with Crippen LogP contribution >= 0.6 is 0 Å². The largest absolute Gasteiger partial charge is 0.355 e. The molecule has 0 spiro atoms. The Morgan fingerprint density at radius 2 is 1.68 bits per heavy atom. The molecule has 2 aromatic heterocycles. The molecule has 2 atom stereocenters. The first-order valence-corrected chi connectivity index (χ1v) is 10.8. The van der Waals surface area contributed by atoms with Gasteiger partial charge in [0.1, 0.15) is 11.6 Å². The summed E-state index contributed by atoms with van der Waals surface area (Å²) >= 11 is 0. The minimum atomic E-state index is -3.42. The first kappa shape index (κ1) is 17.5. The SMILES string of the molecule is Cc1nc(N2CC3CN(S(=O)(=O)c4ccccc4)CC3C2)c2ccncc2n1. The fraction of sp³-hybridized carbons (Fsp3) is 0.350. The molecular weight excluding hydrogens is 374 g/mol. The Hall–Kier alpha value is -2.58. The molecule has 28 heavy (non-hydrogen) atoms. The Balaban J connectivity index is 1.39. The predicted molar refractivity (Wildman–Crippen MR) is 106 cm³/mol. The summed E-state index contributed by atoms with van der Waals surface area (Å²) in [6, 6.07) is 10.6. The Labute approximate surface area is 164 Å². The summed E-state index contributed by atoms with van der Waals surface area (Å²) in [6.45, 7) is 4.61. The summed E-state index contributed by atoms with van der Waals surface area (Å²) in [7, 11) is -3.42. The van der Waals surface area contributed by atoms with E-state index >= 15 is 0 Å². The number of benzene rings is 1. The number of hydrogen-bond acceptors (Lipinski definition) is 6. The van der Waals surface area contributed by atoms with Gasteiger partial charge in [-0.2, -0.15) is 4.31 Å². The predicted octanol–water partition coefficient (Wildman–Crippen LogP) is 2.09. The van der Waals surface area contributed by atoms with Gasteiger partial charge in [0.25, 0.3) is 0 Å². The Morgan fingerprint density at radius 3 is 2.39 bits per heavy atom. The number of sulfonamides is 1. The van der Waals surface area contributed by atoms with E-state index in [0.29, 0.717) is 29.8 Å². The van der Waals surface area contributed by atoms with Gasteiger partial charge in [-0.1, -0.05) is 18.2 Å². The summed E-state index contributed by atoms with van der Waals surface area (Å²) in [5.74, 6) is 2.27. The normalized spacial score (nSPS) is 22.7. The number of pyridine rings is 1. The van der Waals surface area contributed by atoms with Crippen molar-refractivity contribution in [2.24, 2.45) is 11.8 Å². The molecule has 0 saturated carbocycles. The standard InChI is InChI=1S/C20H21N5O2S/c1-14-22-19-9-21-8-7-18(19)20(23-14)24-10-15-12-25(13-16(15)11-24)28(26,27)17-5-3-2-4-6-17/h2-9,15-16H,10-13H2,1H3. The fourth-order valence-corrected chi connectivity index (χ4v) is 5.95. The summed E-state index contributed by atoms with van der Waals surface area (Å²) in [6.07, 6.45) is 3.52. The molecule has 5 rings (SSSR count). The van der Waals surface area contributed by atoms with Crippen LogP contribution in [0.5, 0.6) is 0 Å². The molecular formula is C20H21N5O2S. The smallest absolute Gasteiger partial charge is 0.243 e. The molecule has 8 heteroatoms. The van der Waals surface area contributed by atoms with Crippen LogP contribution < -0.4 is 4.90 Å². The van der Waals surface area contributed by atoms with Crippen LogP contribution in [0.2, 0.25) is 0 Å². The van der Waals surface area contributed by atoms with Crippen LogP contribution in [0.15, 0.2) is 53.7 Å². The lowest BCUT2D eigenvalue weighted by atomic mass is 10.0. The first-order chi connectivity index (χ1) is 13.5. The second kappa shape index (κ2) is 6.49. The molecule has 0 aliphatic carbocycles. The lowest BCUT2D eigenvalue weighted by molar-refractivity contribution is 0.453. The van der Waals surface area contributed by atoms with Gasteiger partial charge in [0.2, 0.25) is 10.0 Å². The highest BCUT2D eigenvalue weighted by atomic mass is 32.2. The highest BCUT2D eigenvalue weighted by molar-refractivity contribution is 7.89. The topological polar surface area (TPSA) is 79.3 Å². The van der Waals surface area contributed by atoms with Gasteiger partial charge in [0.15, 0.2) is 0 Å². The van der Waals surface area contributed by atoms with E-state index in [1.54, 1.807) is 41.0 Å². The molecule has 0 N–H and O–H groups in total. The average Bonchev–Trinajstić information content (AvgIpc) is 3.27. The maximum absolute atomic E-state index is 12.9. The van der Waals surface area contributed by atoms with E-state index in [1.807, 2.05) is 19.1 Å². The molecule has 2 fully saturated rings. The number of aromatic nitrogens is 3. The first-order valence-electron chi connectivity index (χ1n) is 9.41. The average molecular weight is 395 g/mol. The molecule has 4 heterocycles. The third-order valence-corrected chi connectivity index (χ3v) is 7.57. The van der Waals surface area contributed by atoms with Crippen LogP contribution in [0.4, 0.5) is 5.82 Å². The van der Waals surface area contributed by atoms with Crippen molar-refractivity contribution < 1.29 is 8.42 Å². The third kappa shape index (κ3) is 2.84. The lowest BCUT2D eigenvalue weighted by Crippen LogP contribution is -2.33. The van der Waals surface area contributed by atoms with Crippen LogP contribution in [0.3, 0.4) is 0 Å². The maximum atomic E-state index is 12.9. The van der Waals surface area contributed by atoms with Gasteiger partial charge < -0.3 is 4.90 Å². The number of hydrogen-bond donors (Lipinski definition) is 0. The zero-order chi connectivity index (χ0) is 19.3. The van der Waals surface area contributed by atoms with E-state index in [9.17, 15) is 8.42 Å². The Bertz CT molecular complexity index is 1120. The van der Waals surface area contributed by atoms with E-state index in [0.717, 1.165) is 35.6 Å². The molecule has 2 unspecified atom stereocenters. The van der Waals surface area contributed by atoms with Crippen molar-refractivity contribution in [3.8, 4) is 0 Å². The van der Waals surface area contributed by atoms with E-state index in [2.05, 4.69) is 19.9 Å². The van der Waals surface area contributed by atoms with Crippen molar-refractivity contribution in [3.05, 3.63) is 54.6 Å². The summed E-state index contributed by atoms with van der Waals surface area (Å²) in [4.78, 5) is 16.0. The molecule has 0 radical (unpaired) electrons. The summed E-state index contributed by atoms with van der Waals surface area (Å²) in [5.41, 5.74) is 0.843. The zero-order valence-electron chi connectivity index (χ0n) is 15.6. The molecule has 2 saturated heterocycles. The van der Waals surface area contributed by atoms with E-state index in [-0.39, 0.29) is 0 Å². The molecule has 2 aliphatic rings. The van der Waals surface area contributed by atoms with Crippen molar-refractivity contribution in [3.63, 3.8) is 0 Å². The van der Waals surface area contributed by atoms with Gasteiger partial charge in [-0.3, -0.25) is 4.98 Å². The monoisotopic (exact) mass is 395 g/mol. The number of aryl methyl sites for hydroxylation is 1. The molecule has 1 aromatic carbocycles. The van der Waals surface area contributed by atoms with Crippen molar-refractivity contribution in [1.29, 1.82) is 0 Å². The van der Waals surface area contributed by atoms with Gasteiger partial charge in [-0.25, -0.2) is 18.4 Å². The van der Waals surface area contributed by atoms with Crippen LogP contribution in [0, 0.1) is 18.8 Å². The van der Waals surface area contributed by atoms with E-state index in [4.69, 9.17) is 0 Å². The summed E-state index contributed by atoms with van der Waals surface area (Å²) in [5, 5.41) is 0.995. The van der Waals surface area contributed by atoms with Crippen molar-refractivity contribution in [1.82, 2.24) is 19.3 Å². The summed E-state index contributed by atoms with van der Waals surface area (Å²) < 4.78 is 27.5. The van der Waals surface area contributed by atoms with Crippen molar-refractivity contribution in [2.45, 2.75) is 11.8 Å². The van der Waals surface area contributed by atoms with Crippen LogP contribution in [-0.4, -0.2) is 53.9 Å². The molecule has 0 bridgehead atoms. The van der Waals surface area contributed by atoms with Gasteiger partial charge in [-0.05, 0) is 37.0 Å². The number of anilines is 1. The van der Waals surface area contributed by atoms with Gasteiger partial charge >= 0.3 is 0 Å². The zero-order valence-corrected chi connectivity index (χ0v) is 16.4. The minimum absolute atomic E-state index is 0.311. The number of nitrogens with zero attached hydrogens (tertiary/aromatic N) is 5. The molecule has 7 nitrogen and oxygen atoms in total. The second-order valence-electron chi connectivity index (χ2n) is 7.55. The highest BCUT2D eigenvalue weighted by Crippen LogP contribution is 2.37. The van der Waals surface area contributed by atoms with Gasteiger partial charge in [0, 0.05) is 37.8 Å². The van der Waals surface area contributed by atoms with Crippen LogP contribution in [0.25, 0.3) is 10.9 Å². The van der Waals surface area contributed by atoms with E-state index < -0.39 is 10.0 Å². The second-order valence-corrected chi connectivity index (χ2v) is 9.49. The molecule has 3 aromatic rings. The van der Waals surface area contributed by atoms with Crippen LogP contribution in [0.1, 0.15) is 5.82 Å². The van der Waals surface area contributed by atoms with Crippen molar-refractivity contribution in [2.75, 3.05) is 31.1 Å². The maximum Gasteiger partial charge on any atom is 0.243 e. The van der Waals surface area contributed by atoms with Crippen molar-refractivity contribution >= 4 is 26.7 Å². The van der Waals surface area contributed by atoms with Gasteiger partial charge in [-0.15, -0.1) is 0 Å². The fourth-order valence-electron chi connectivity index (χ4n) is 4.38. The lowest BCUT2D eigenvalue weighted by Gasteiger charge is -2.23. The third-order valence-electron chi connectivity index (χ3n) is 5.72. The van der Waals surface area contributed by atoms with Crippen LogP contribution in [-0.2, 0) is 10.0 Å². The highest BCUT2D eigenvalue weighted by Gasteiger charge is 2.44. The molecule has 0 amide bonds. The Morgan fingerprint density at radius 1 is 0.964 bits per heavy atom. The quantitative estimate of drug-likeness (QED) is 0.676. The van der Waals surface area contributed by atoms with Gasteiger partial charge in [0.05, 0.1) is 16.6 Å². The minimum Gasteiger partial charge on any atom is -0.355 e. The molecule has 2 aliphatic heterocycles. The van der Waals surface area contributed by atoms with E-state index in [1.165, 1.54) is 0 Å². The molecule has 144 valence electrons. The number of rotatable bonds is 3.